The number of carbonyl (C=O) groups is 1. The molecule has 1 amide bonds. The summed E-state index contributed by atoms with van der Waals surface area (Å²) in [5, 5.41) is 7.07. The minimum atomic E-state index is 0.0569. The van der Waals surface area contributed by atoms with E-state index >= 15 is 0 Å². The van der Waals surface area contributed by atoms with Gasteiger partial charge in [0.1, 0.15) is 0 Å². The Balaban J connectivity index is 1.51. The highest BCUT2D eigenvalue weighted by Gasteiger charge is 2.21. The topological polar surface area (TPSA) is 50.4 Å². The molecule has 5 heteroatoms. The first-order chi connectivity index (χ1) is 11.7. The van der Waals surface area contributed by atoms with Gasteiger partial charge in [0.05, 0.1) is 0 Å². The van der Waals surface area contributed by atoms with Gasteiger partial charge in [0.15, 0.2) is 0 Å². The average molecular weight is 345 g/mol. The second kappa shape index (κ2) is 8.18. The maximum atomic E-state index is 12.2. The summed E-state index contributed by atoms with van der Waals surface area (Å²) < 4.78 is 5.29. The van der Waals surface area contributed by atoms with E-state index in [1.54, 1.807) is 0 Å². The van der Waals surface area contributed by atoms with Gasteiger partial charge < -0.3 is 15.4 Å². The van der Waals surface area contributed by atoms with Crippen LogP contribution < -0.4 is 10.6 Å². The first kappa shape index (κ1) is 16.8. The summed E-state index contributed by atoms with van der Waals surface area (Å²) in [4.78, 5) is 12.2. The van der Waals surface area contributed by atoms with Crippen LogP contribution in [-0.4, -0.2) is 19.1 Å². The van der Waals surface area contributed by atoms with Crippen LogP contribution >= 0.6 is 11.6 Å². The number of hydrogen-bond acceptors (Lipinski definition) is 3. The molecule has 0 aromatic heterocycles. The molecule has 0 radical (unpaired) electrons. The van der Waals surface area contributed by atoms with Crippen LogP contribution in [-0.2, 0) is 16.1 Å². The average Bonchev–Trinajstić information content (AvgIpc) is 2.63. The molecule has 2 N–H and O–H groups in total. The van der Waals surface area contributed by atoms with Crippen LogP contribution in [0.25, 0.3) is 0 Å². The van der Waals surface area contributed by atoms with Crippen LogP contribution in [0.4, 0.5) is 11.4 Å². The Bertz CT molecular complexity index is 665. The van der Waals surface area contributed by atoms with Crippen molar-refractivity contribution in [2.75, 3.05) is 23.8 Å². The molecule has 1 fully saturated rings. The molecule has 24 heavy (non-hydrogen) atoms. The third kappa shape index (κ3) is 4.73. The van der Waals surface area contributed by atoms with E-state index < -0.39 is 0 Å². The molecule has 3 rings (SSSR count). The highest BCUT2D eigenvalue weighted by molar-refractivity contribution is 6.30. The first-order valence-corrected chi connectivity index (χ1v) is 8.55. The molecule has 0 bridgehead atoms. The molecule has 2 aromatic rings. The van der Waals surface area contributed by atoms with Crippen LogP contribution in [0, 0.1) is 5.92 Å². The molecule has 1 saturated heterocycles. The zero-order chi connectivity index (χ0) is 16.8. The van der Waals surface area contributed by atoms with Gasteiger partial charge >= 0.3 is 0 Å². The minimum absolute atomic E-state index is 0.0569. The predicted molar refractivity (Wildman–Crippen MR) is 97.4 cm³/mol. The van der Waals surface area contributed by atoms with Crippen molar-refractivity contribution in [3.63, 3.8) is 0 Å². The smallest absolute Gasteiger partial charge is 0.227 e. The summed E-state index contributed by atoms with van der Waals surface area (Å²) in [5.41, 5.74) is 2.99. The van der Waals surface area contributed by atoms with Gasteiger partial charge in [0.25, 0.3) is 0 Å². The quantitative estimate of drug-likeness (QED) is 0.849. The van der Waals surface area contributed by atoms with E-state index in [2.05, 4.69) is 10.6 Å². The molecule has 0 atom stereocenters. The lowest BCUT2D eigenvalue weighted by Crippen LogP contribution is -2.28. The minimum Gasteiger partial charge on any atom is -0.381 e. The Kier molecular flexibility index (Phi) is 5.72. The summed E-state index contributed by atoms with van der Waals surface area (Å²) in [5.74, 6) is 0.140. The number of rotatable bonds is 5. The summed E-state index contributed by atoms with van der Waals surface area (Å²) >= 11 is 5.88. The van der Waals surface area contributed by atoms with E-state index in [-0.39, 0.29) is 11.8 Å². The molecule has 1 heterocycles. The Hall–Kier alpha value is -2.04. The zero-order valence-corrected chi connectivity index (χ0v) is 14.2. The van der Waals surface area contributed by atoms with Crippen molar-refractivity contribution in [3.05, 3.63) is 59.1 Å². The van der Waals surface area contributed by atoms with Gasteiger partial charge in [-0.1, -0.05) is 23.7 Å². The number of hydrogen-bond donors (Lipinski definition) is 2. The van der Waals surface area contributed by atoms with Crippen molar-refractivity contribution in [1.82, 2.24) is 0 Å². The maximum absolute atomic E-state index is 12.2. The van der Waals surface area contributed by atoms with E-state index in [9.17, 15) is 4.79 Å². The Morgan fingerprint density at radius 2 is 1.62 bits per heavy atom. The lowest BCUT2D eigenvalue weighted by atomic mass is 9.99. The second-order valence-corrected chi connectivity index (χ2v) is 6.37. The number of carbonyl (C=O) groups excluding carboxylic acids is 1. The SMILES string of the molecule is O=C(Nc1ccc(NCc2ccc(Cl)cc2)cc1)C1CCOCC1. The molecule has 2 aromatic carbocycles. The van der Waals surface area contributed by atoms with E-state index in [0.29, 0.717) is 13.2 Å². The molecular weight excluding hydrogens is 324 g/mol. The van der Waals surface area contributed by atoms with Crippen molar-refractivity contribution in [2.45, 2.75) is 19.4 Å². The van der Waals surface area contributed by atoms with E-state index in [0.717, 1.165) is 41.3 Å². The standard InChI is InChI=1S/C19H21ClN2O2/c20-16-3-1-14(2-4-16)13-21-17-5-7-18(8-6-17)22-19(23)15-9-11-24-12-10-15/h1-8,15,21H,9-13H2,(H,22,23). The molecule has 1 aliphatic heterocycles. The third-order valence-corrected chi connectivity index (χ3v) is 4.41. The fourth-order valence-corrected chi connectivity index (χ4v) is 2.81. The maximum Gasteiger partial charge on any atom is 0.227 e. The van der Waals surface area contributed by atoms with Crippen molar-refractivity contribution < 1.29 is 9.53 Å². The van der Waals surface area contributed by atoms with Gasteiger partial charge in [-0.3, -0.25) is 4.79 Å². The zero-order valence-electron chi connectivity index (χ0n) is 13.4. The summed E-state index contributed by atoms with van der Waals surface area (Å²) in [6, 6.07) is 15.5. The fraction of sp³-hybridized carbons (Fsp3) is 0.316. The molecule has 0 unspecified atom stereocenters. The van der Waals surface area contributed by atoms with Gasteiger partial charge in [-0.05, 0) is 54.8 Å². The normalized spacial score (nSPS) is 15.0. The van der Waals surface area contributed by atoms with Crippen LogP contribution in [0.1, 0.15) is 18.4 Å². The molecule has 4 nitrogen and oxygen atoms in total. The van der Waals surface area contributed by atoms with Gasteiger partial charge in [-0.15, -0.1) is 0 Å². The van der Waals surface area contributed by atoms with Gasteiger partial charge in [-0.25, -0.2) is 0 Å². The van der Waals surface area contributed by atoms with Crippen LogP contribution in [0.3, 0.4) is 0 Å². The van der Waals surface area contributed by atoms with Crippen LogP contribution in [0.5, 0.6) is 0 Å². The second-order valence-electron chi connectivity index (χ2n) is 5.93. The lowest BCUT2D eigenvalue weighted by Gasteiger charge is -2.21. The largest absolute Gasteiger partial charge is 0.381 e. The highest BCUT2D eigenvalue weighted by atomic mass is 35.5. The van der Waals surface area contributed by atoms with E-state index in [4.69, 9.17) is 16.3 Å². The number of anilines is 2. The number of halogens is 1. The molecule has 0 aliphatic carbocycles. The van der Waals surface area contributed by atoms with Crippen molar-refractivity contribution in [1.29, 1.82) is 0 Å². The van der Waals surface area contributed by atoms with E-state index in [1.807, 2.05) is 48.5 Å². The van der Waals surface area contributed by atoms with Gasteiger partial charge in [0.2, 0.25) is 5.91 Å². The first-order valence-electron chi connectivity index (χ1n) is 8.18. The van der Waals surface area contributed by atoms with Crippen LogP contribution in [0.2, 0.25) is 5.02 Å². The monoisotopic (exact) mass is 344 g/mol. The molecule has 1 aliphatic rings. The lowest BCUT2D eigenvalue weighted by molar-refractivity contribution is -0.122. The molecule has 0 spiro atoms. The third-order valence-electron chi connectivity index (χ3n) is 4.15. The Morgan fingerprint density at radius 1 is 1.00 bits per heavy atom. The predicted octanol–water partition coefficient (Wildman–Crippen LogP) is 4.32. The van der Waals surface area contributed by atoms with Crippen molar-refractivity contribution in [3.8, 4) is 0 Å². The summed E-state index contributed by atoms with van der Waals surface area (Å²) in [7, 11) is 0. The Labute approximate surface area is 147 Å². The summed E-state index contributed by atoms with van der Waals surface area (Å²) in [6.45, 7) is 2.07. The molecular formula is C19H21ClN2O2. The number of nitrogens with one attached hydrogen (secondary N) is 2. The number of benzene rings is 2. The summed E-state index contributed by atoms with van der Waals surface area (Å²) in [6.07, 6.45) is 1.60. The van der Waals surface area contributed by atoms with Crippen molar-refractivity contribution >= 4 is 28.9 Å². The van der Waals surface area contributed by atoms with Gasteiger partial charge in [-0.2, -0.15) is 0 Å². The Morgan fingerprint density at radius 3 is 2.29 bits per heavy atom. The fourth-order valence-electron chi connectivity index (χ4n) is 2.68. The van der Waals surface area contributed by atoms with Crippen molar-refractivity contribution in [2.24, 2.45) is 5.92 Å². The molecule has 126 valence electrons. The number of amides is 1. The van der Waals surface area contributed by atoms with E-state index in [1.165, 1.54) is 0 Å². The van der Waals surface area contributed by atoms with Crippen LogP contribution in [0.15, 0.2) is 48.5 Å². The highest BCUT2D eigenvalue weighted by Crippen LogP contribution is 2.19. The molecule has 0 saturated carbocycles. The number of ether oxygens (including phenoxy) is 1. The van der Waals surface area contributed by atoms with Gasteiger partial charge in [0, 0.05) is 42.1 Å².